The van der Waals surface area contributed by atoms with Crippen LogP contribution in [0.3, 0.4) is 0 Å². The molecule has 0 saturated carbocycles. The molecule has 0 aliphatic carbocycles. The van der Waals surface area contributed by atoms with Crippen molar-refractivity contribution >= 4 is 23.2 Å². The predicted molar refractivity (Wildman–Crippen MR) is 76.5 cm³/mol. The number of aliphatic hydroxyl groups is 1. The van der Waals surface area contributed by atoms with E-state index in [1.54, 1.807) is 6.07 Å². The maximum atomic E-state index is 11.9. The van der Waals surface area contributed by atoms with Gasteiger partial charge in [-0.2, -0.15) is 0 Å². The number of likely N-dealkylation sites (tertiary alicyclic amines) is 1. The fourth-order valence-corrected chi connectivity index (χ4v) is 2.46. The van der Waals surface area contributed by atoms with E-state index < -0.39 is 0 Å². The van der Waals surface area contributed by atoms with Gasteiger partial charge in [-0.15, -0.1) is 0 Å². The normalized spacial score (nSPS) is 19.6. The molecule has 0 spiro atoms. The van der Waals surface area contributed by atoms with E-state index in [0.717, 1.165) is 30.8 Å². The smallest absolute Gasteiger partial charge is 0.238 e. The highest BCUT2D eigenvalue weighted by molar-refractivity contribution is 6.31. The average Bonchev–Trinajstić information content (AvgIpc) is 2.81. The van der Waals surface area contributed by atoms with Gasteiger partial charge in [0.15, 0.2) is 0 Å². The van der Waals surface area contributed by atoms with Crippen LogP contribution in [0, 0.1) is 12.8 Å². The molecule has 2 rings (SSSR count). The number of carbonyl (C=O) groups excluding carboxylic acids is 1. The highest BCUT2D eigenvalue weighted by Gasteiger charge is 2.23. The lowest BCUT2D eigenvalue weighted by molar-refractivity contribution is -0.117. The molecule has 104 valence electrons. The zero-order valence-corrected chi connectivity index (χ0v) is 11.8. The predicted octanol–water partition coefficient (Wildman–Crippen LogP) is 1.90. The van der Waals surface area contributed by atoms with E-state index >= 15 is 0 Å². The van der Waals surface area contributed by atoms with Crippen LogP contribution >= 0.6 is 11.6 Å². The molecule has 1 amide bonds. The third-order valence-electron chi connectivity index (χ3n) is 3.45. The second kappa shape index (κ2) is 6.37. The minimum Gasteiger partial charge on any atom is -0.396 e. The number of aryl methyl sites for hydroxylation is 1. The maximum Gasteiger partial charge on any atom is 0.238 e. The van der Waals surface area contributed by atoms with E-state index in [0.29, 0.717) is 17.5 Å². The molecule has 19 heavy (non-hydrogen) atoms. The highest BCUT2D eigenvalue weighted by Crippen LogP contribution is 2.20. The SMILES string of the molecule is Cc1ccc(NC(=O)CN2CCC(CO)C2)cc1Cl. The fraction of sp³-hybridized carbons (Fsp3) is 0.500. The van der Waals surface area contributed by atoms with Crippen molar-refractivity contribution in [3.63, 3.8) is 0 Å². The molecule has 1 unspecified atom stereocenters. The minimum absolute atomic E-state index is 0.0430. The first kappa shape index (κ1) is 14.3. The quantitative estimate of drug-likeness (QED) is 0.887. The van der Waals surface area contributed by atoms with E-state index in [1.807, 2.05) is 19.1 Å². The van der Waals surface area contributed by atoms with Crippen molar-refractivity contribution in [2.24, 2.45) is 5.92 Å². The number of hydrogen-bond donors (Lipinski definition) is 2. The van der Waals surface area contributed by atoms with Gasteiger partial charge in [0.1, 0.15) is 0 Å². The van der Waals surface area contributed by atoms with Crippen molar-refractivity contribution < 1.29 is 9.90 Å². The Hall–Kier alpha value is -1.10. The molecule has 1 aliphatic rings. The molecule has 5 heteroatoms. The second-order valence-electron chi connectivity index (χ2n) is 5.08. The molecule has 1 atom stereocenters. The van der Waals surface area contributed by atoms with Gasteiger partial charge >= 0.3 is 0 Å². The standard InChI is InChI=1S/C14H19ClN2O2/c1-10-2-3-12(6-13(10)15)16-14(19)8-17-5-4-11(7-17)9-18/h2-3,6,11,18H,4-5,7-9H2,1H3,(H,16,19). The summed E-state index contributed by atoms with van der Waals surface area (Å²) in [5.41, 5.74) is 1.71. The first-order valence-corrected chi connectivity index (χ1v) is 6.85. The first-order valence-electron chi connectivity index (χ1n) is 6.47. The summed E-state index contributed by atoms with van der Waals surface area (Å²) in [6, 6.07) is 5.49. The van der Waals surface area contributed by atoms with Gasteiger partial charge in [0.2, 0.25) is 5.91 Å². The molecular formula is C14H19ClN2O2. The third-order valence-corrected chi connectivity index (χ3v) is 3.86. The Kier molecular flexibility index (Phi) is 4.80. The molecule has 1 aromatic rings. The van der Waals surface area contributed by atoms with Crippen molar-refractivity contribution in [2.45, 2.75) is 13.3 Å². The molecule has 1 aliphatic heterocycles. The Balaban J connectivity index is 1.86. The van der Waals surface area contributed by atoms with E-state index in [1.165, 1.54) is 0 Å². The summed E-state index contributed by atoms with van der Waals surface area (Å²) in [6.45, 7) is 4.15. The molecule has 1 aromatic carbocycles. The largest absolute Gasteiger partial charge is 0.396 e. The summed E-state index contributed by atoms with van der Waals surface area (Å²) in [5, 5.41) is 12.6. The van der Waals surface area contributed by atoms with Gasteiger partial charge in [-0.05, 0) is 43.5 Å². The van der Waals surface area contributed by atoms with E-state index in [2.05, 4.69) is 10.2 Å². The number of rotatable bonds is 4. The average molecular weight is 283 g/mol. The van der Waals surface area contributed by atoms with Gasteiger partial charge in [0.25, 0.3) is 0 Å². The summed E-state index contributed by atoms with van der Waals surface area (Å²) in [6.07, 6.45) is 0.958. The van der Waals surface area contributed by atoms with Crippen LogP contribution < -0.4 is 5.32 Å². The number of nitrogens with one attached hydrogen (secondary N) is 1. The summed E-state index contributed by atoms with van der Waals surface area (Å²) < 4.78 is 0. The van der Waals surface area contributed by atoms with Crippen LogP contribution in [0.4, 0.5) is 5.69 Å². The zero-order chi connectivity index (χ0) is 13.8. The Bertz CT molecular complexity index is 465. The lowest BCUT2D eigenvalue weighted by atomic mass is 10.1. The molecule has 1 heterocycles. The van der Waals surface area contributed by atoms with E-state index in [9.17, 15) is 4.79 Å². The Labute approximate surface area is 118 Å². The summed E-state index contributed by atoms with van der Waals surface area (Å²) in [5.74, 6) is 0.264. The monoisotopic (exact) mass is 282 g/mol. The maximum absolute atomic E-state index is 11.9. The number of hydrogen-bond acceptors (Lipinski definition) is 3. The topological polar surface area (TPSA) is 52.6 Å². The van der Waals surface area contributed by atoms with Crippen LogP contribution in [0.5, 0.6) is 0 Å². The number of carbonyl (C=O) groups is 1. The lowest BCUT2D eigenvalue weighted by Gasteiger charge is -2.15. The Morgan fingerprint density at radius 3 is 3.00 bits per heavy atom. The summed E-state index contributed by atoms with van der Waals surface area (Å²) in [7, 11) is 0. The number of amides is 1. The Morgan fingerprint density at radius 2 is 2.37 bits per heavy atom. The van der Waals surface area contributed by atoms with Gasteiger partial charge in [0, 0.05) is 23.9 Å². The van der Waals surface area contributed by atoms with Crippen molar-refractivity contribution in [1.29, 1.82) is 0 Å². The summed E-state index contributed by atoms with van der Waals surface area (Å²) in [4.78, 5) is 14.0. The van der Waals surface area contributed by atoms with Crippen LogP contribution in [0.15, 0.2) is 18.2 Å². The number of benzene rings is 1. The molecule has 0 aromatic heterocycles. The number of halogens is 1. The molecule has 2 N–H and O–H groups in total. The van der Waals surface area contributed by atoms with Gasteiger partial charge in [-0.1, -0.05) is 17.7 Å². The van der Waals surface area contributed by atoms with Crippen molar-refractivity contribution in [1.82, 2.24) is 4.90 Å². The van der Waals surface area contributed by atoms with E-state index in [-0.39, 0.29) is 12.5 Å². The van der Waals surface area contributed by atoms with Gasteiger partial charge in [0.05, 0.1) is 6.54 Å². The van der Waals surface area contributed by atoms with E-state index in [4.69, 9.17) is 16.7 Å². The third kappa shape index (κ3) is 3.93. The van der Waals surface area contributed by atoms with Crippen molar-refractivity contribution in [2.75, 3.05) is 31.6 Å². The second-order valence-corrected chi connectivity index (χ2v) is 5.49. The van der Waals surface area contributed by atoms with Crippen LogP contribution in [0.2, 0.25) is 5.02 Å². The fourth-order valence-electron chi connectivity index (χ4n) is 2.28. The molecular weight excluding hydrogens is 264 g/mol. The number of aliphatic hydroxyl groups excluding tert-OH is 1. The van der Waals surface area contributed by atoms with Gasteiger partial charge in [-0.3, -0.25) is 9.69 Å². The van der Waals surface area contributed by atoms with Crippen LogP contribution in [-0.4, -0.2) is 42.2 Å². The van der Waals surface area contributed by atoms with Gasteiger partial charge < -0.3 is 10.4 Å². The van der Waals surface area contributed by atoms with Crippen molar-refractivity contribution in [3.8, 4) is 0 Å². The van der Waals surface area contributed by atoms with Crippen molar-refractivity contribution in [3.05, 3.63) is 28.8 Å². The number of anilines is 1. The van der Waals surface area contributed by atoms with Crippen LogP contribution in [-0.2, 0) is 4.79 Å². The highest BCUT2D eigenvalue weighted by atomic mass is 35.5. The molecule has 0 bridgehead atoms. The molecule has 4 nitrogen and oxygen atoms in total. The lowest BCUT2D eigenvalue weighted by Crippen LogP contribution is -2.31. The first-order chi connectivity index (χ1) is 9.08. The Morgan fingerprint density at radius 1 is 1.58 bits per heavy atom. The van der Waals surface area contributed by atoms with Crippen LogP contribution in [0.25, 0.3) is 0 Å². The minimum atomic E-state index is -0.0430. The molecule has 1 saturated heterocycles. The number of nitrogens with zero attached hydrogens (tertiary/aromatic N) is 1. The van der Waals surface area contributed by atoms with Crippen LogP contribution in [0.1, 0.15) is 12.0 Å². The molecule has 1 fully saturated rings. The van der Waals surface area contributed by atoms with Gasteiger partial charge in [-0.25, -0.2) is 0 Å². The molecule has 0 radical (unpaired) electrons. The zero-order valence-electron chi connectivity index (χ0n) is 11.0. The summed E-state index contributed by atoms with van der Waals surface area (Å²) >= 11 is 6.02.